The number of nitrogens with two attached hydrogens (primary N) is 1. The molecule has 0 unspecified atom stereocenters. The van der Waals surface area contributed by atoms with Gasteiger partial charge in [-0.15, -0.1) is 11.3 Å². The number of benzene rings is 1. The third-order valence-electron chi connectivity index (χ3n) is 6.28. The van der Waals surface area contributed by atoms with E-state index in [4.69, 9.17) is 5.73 Å². The Kier molecular flexibility index (Phi) is 6.78. The van der Waals surface area contributed by atoms with E-state index in [1.165, 1.54) is 15.6 Å². The molecule has 7 nitrogen and oxygen atoms in total. The van der Waals surface area contributed by atoms with Crippen LogP contribution >= 0.6 is 11.3 Å². The Balaban J connectivity index is 1.61. The van der Waals surface area contributed by atoms with Crippen molar-refractivity contribution in [3.05, 3.63) is 52.9 Å². The maximum absolute atomic E-state index is 13.4. The molecule has 0 bridgehead atoms. The maximum Gasteiger partial charge on any atom is 0.252 e. The Bertz CT molecular complexity index is 1000. The first kappa shape index (κ1) is 22.4. The number of piperazine rings is 1. The minimum absolute atomic E-state index is 0.0138. The highest BCUT2D eigenvalue weighted by Crippen LogP contribution is 2.35. The molecule has 168 valence electrons. The predicted molar refractivity (Wildman–Crippen MR) is 122 cm³/mol. The van der Waals surface area contributed by atoms with Crippen molar-refractivity contribution in [1.82, 2.24) is 14.1 Å². The van der Waals surface area contributed by atoms with E-state index in [1.54, 1.807) is 12.1 Å². The summed E-state index contributed by atoms with van der Waals surface area (Å²) in [6.07, 6.45) is 0.666. The van der Waals surface area contributed by atoms with Gasteiger partial charge < -0.3 is 15.5 Å². The van der Waals surface area contributed by atoms with Gasteiger partial charge in [0.2, 0.25) is 5.91 Å². The molecular weight excluding hydrogens is 432 g/mol. The number of sulfonamides is 1. The molecular formula is C22H30N4O3S2. The van der Waals surface area contributed by atoms with Gasteiger partial charge in [0.1, 0.15) is 4.21 Å². The number of rotatable bonds is 5. The standard InChI is InChI=1S/C22H30N4O3S2/c1-24-9-11-25(12-10-24)22(27)19-13-18(17-5-3-2-4-6-17)15-26(16-19)31(28,29)21-8-7-20(14-23)30-21/h2-8,18-19H,9-16,23H2,1H3/t18-,19+/m1/s1. The SMILES string of the molecule is CN1CCN(C(=O)[C@H]2C[C@@H](c3ccccc3)CN(S(=O)(=O)c3ccc(CN)s3)C2)CC1. The van der Waals surface area contributed by atoms with Gasteiger partial charge in [0.25, 0.3) is 10.0 Å². The molecule has 1 aromatic heterocycles. The number of hydrogen-bond donors (Lipinski definition) is 1. The van der Waals surface area contributed by atoms with Crippen LogP contribution in [0.2, 0.25) is 0 Å². The summed E-state index contributed by atoms with van der Waals surface area (Å²) in [5, 5.41) is 0. The average molecular weight is 463 g/mol. The fourth-order valence-corrected chi connectivity index (χ4v) is 7.34. The van der Waals surface area contributed by atoms with E-state index in [0.29, 0.717) is 36.8 Å². The zero-order valence-electron chi connectivity index (χ0n) is 17.8. The third kappa shape index (κ3) is 4.85. The molecule has 1 aromatic carbocycles. The molecule has 1 amide bonds. The van der Waals surface area contributed by atoms with E-state index < -0.39 is 10.0 Å². The minimum Gasteiger partial charge on any atom is -0.340 e. The molecule has 9 heteroatoms. The highest BCUT2D eigenvalue weighted by atomic mass is 32.2. The second-order valence-electron chi connectivity index (χ2n) is 8.42. The summed E-state index contributed by atoms with van der Waals surface area (Å²) < 4.78 is 28.7. The highest BCUT2D eigenvalue weighted by Gasteiger charge is 2.40. The molecule has 0 spiro atoms. The lowest BCUT2D eigenvalue weighted by Crippen LogP contribution is -2.53. The van der Waals surface area contributed by atoms with Crippen molar-refractivity contribution in [2.75, 3.05) is 46.3 Å². The second-order valence-corrected chi connectivity index (χ2v) is 11.7. The van der Waals surface area contributed by atoms with Crippen molar-refractivity contribution in [2.24, 2.45) is 11.7 Å². The van der Waals surface area contributed by atoms with Crippen molar-refractivity contribution in [1.29, 1.82) is 0 Å². The Hall–Kier alpha value is -1.78. The van der Waals surface area contributed by atoms with Crippen molar-refractivity contribution >= 4 is 27.3 Å². The molecule has 2 atom stereocenters. The highest BCUT2D eigenvalue weighted by molar-refractivity contribution is 7.91. The number of likely N-dealkylation sites (N-methyl/N-ethyl adjacent to an activating group) is 1. The molecule has 3 heterocycles. The first-order chi connectivity index (χ1) is 14.9. The molecule has 2 fully saturated rings. The van der Waals surface area contributed by atoms with Gasteiger partial charge >= 0.3 is 0 Å². The van der Waals surface area contributed by atoms with Gasteiger partial charge in [-0.2, -0.15) is 4.31 Å². The van der Waals surface area contributed by atoms with Crippen molar-refractivity contribution in [2.45, 2.75) is 23.1 Å². The predicted octanol–water partition coefficient (Wildman–Crippen LogP) is 1.78. The smallest absolute Gasteiger partial charge is 0.252 e. The Morgan fingerprint density at radius 2 is 1.77 bits per heavy atom. The van der Waals surface area contributed by atoms with Crippen LogP contribution in [0.3, 0.4) is 0 Å². The van der Waals surface area contributed by atoms with Crippen LogP contribution in [-0.4, -0.2) is 74.7 Å². The van der Waals surface area contributed by atoms with Crippen LogP contribution < -0.4 is 5.73 Å². The van der Waals surface area contributed by atoms with E-state index in [0.717, 1.165) is 23.5 Å². The summed E-state index contributed by atoms with van der Waals surface area (Å²) in [6.45, 7) is 4.01. The molecule has 31 heavy (non-hydrogen) atoms. The van der Waals surface area contributed by atoms with Crippen molar-refractivity contribution in [3.8, 4) is 0 Å². The Morgan fingerprint density at radius 1 is 1.06 bits per heavy atom. The zero-order chi connectivity index (χ0) is 22.0. The number of piperidine rings is 1. The quantitative estimate of drug-likeness (QED) is 0.732. The largest absolute Gasteiger partial charge is 0.340 e. The normalized spacial score (nSPS) is 23.7. The molecule has 0 radical (unpaired) electrons. The number of thiophene rings is 1. The molecule has 2 aromatic rings. The maximum atomic E-state index is 13.4. The Morgan fingerprint density at radius 3 is 2.42 bits per heavy atom. The van der Waals surface area contributed by atoms with Crippen LogP contribution in [0.1, 0.15) is 22.8 Å². The molecule has 2 aliphatic rings. The van der Waals surface area contributed by atoms with Gasteiger partial charge in [0, 0.05) is 50.7 Å². The van der Waals surface area contributed by atoms with Crippen molar-refractivity contribution in [3.63, 3.8) is 0 Å². The van der Waals surface area contributed by atoms with Crippen LogP contribution in [0, 0.1) is 5.92 Å². The number of hydrogen-bond acceptors (Lipinski definition) is 6. The van der Waals surface area contributed by atoms with E-state index in [9.17, 15) is 13.2 Å². The van der Waals surface area contributed by atoms with E-state index in [1.807, 2.05) is 35.2 Å². The molecule has 2 saturated heterocycles. The summed E-state index contributed by atoms with van der Waals surface area (Å²) in [7, 11) is -1.63. The monoisotopic (exact) mass is 462 g/mol. The van der Waals surface area contributed by atoms with Crippen LogP contribution in [0.25, 0.3) is 0 Å². The summed E-state index contributed by atoms with van der Waals surface area (Å²) in [5.74, 6) is -0.283. The minimum atomic E-state index is -3.68. The lowest BCUT2D eigenvalue weighted by molar-refractivity contribution is -0.138. The summed E-state index contributed by atoms with van der Waals surface area (Å²) in [6, 6.07) is 13.3. The van der Waals surface area contributed by atoms with E-state index >= 15 is 0 Å². The molecule has 0 aliphatic carbocycles. The summed E-state index contributed by atoms with van der Waals surface area (Å²) >= 11 is 1.21. The van der Waals surface area contributed by atoms with Crippen LogP contribution in [0.4, 0.5) is 0 Å². The second kappa shape index (κ2) is 9.38. The summed E-state index contributed by atoms with van der Waals surface area (Å²) in [4.78, 5) is 18.3. The fourth-order valence-electron chi connectivity index (χ4n) is 4.42. The third-order valence-corrected chi connectivity index (χ3v) is 9.69. The first-order valence-corrected chi connectivity index (χ1v) is 13.0. The van der Waals surface area contributed by atoms with Gasteiger partial charge in [0.15, 0.2) is 0 Å². The summed E-state index contributed by atoms with van der Waals surface area (Å²) in [5.41, 5.74) is 6.76. The molecule has 2 N–H and O–H groups in total. The number of amides is 1. The number of nitrogens with zero attached hydrogens (tertiary/aromatic N) is 3. The van der Waals surface area contributed by atoms with Crippen LogP contribution in [0.15, 0.2) is 46.7 Å². The molecule has 0 saturated carbocycles. The number of carbonyl (C=O) groups excluding carboxylic acids is 1. The van der Waals surface area contributed by atoms with Gasteiger partial charge in [-0.25, -0.2) is 8.42 Å². The lowest BCUT2D eigenvalue weighted by atomic mass is 9.85. The van der Waals surface area contributed by atoms with Crippen LogP contribution in [0.5, 0.6) is 0 Å². The van der Waals surface area contributed by atoms with Crippen molar-refractivity contribution < 1.29 is 13.2 Å². The lowest BCUT2D eigenvalue weighted by Gasteiger charge is -2.40. The fraction of sp³-hybridized carbons (Fsp3) is 0.500. The number of carbonyl (C=O) groups is 1. The average Bonchev–Trinajstić information content (AvgIpc) is 3.30. The van der Waals surface area contributed by atoms with Gasteiger partial charge in [-0.1, -0.05) is 30.3 Å². The van der Waals surface area contributed by atoms with E-state index in [2.05, 4.69) is 11.9 Å². The molecule has 2 aliphatic heterocycles. The van der Waals surface area contributed by atoms with Gasteiger partial charge in [0.05, 0.1) is 5.92 Å². The van der Waals surface area contributed by atoms with E-state index in [-0.39, 0.29) is 24.3 Å². The topological polar surface area (TPSA) is 87.0 Å². The zero-order valence-corrected chi connectivity index (χ0v) is 19.4. The Labute approximate surface area is 188 Å². The van der Waals surface area contributed by atoms with Gasteiger partial charge in [-0.05, 0) is 37.1 Å². The van der Waals surface area contributed by atoms with Crippen LogP contribution in [-0.2, 0) is 21.4 Å². The van der Waals surface area contributed by atoms with Gasteiger partial charge in [-0.3, -0.25) is 4.79 Å². The molecule has 4 rings (SSSR count). The first-order valence-electron chi connectivity index (χ1n) is 10.7.